The number of nitrogens with one attached hydrogen (secondary N) is 1. The number of benzene rings is 1. The lowest BCUT2D eigenvalue weighted by Gasteiger charge is -2.26. The van der Waals surface area contributed by atoms with Gasteiger partial charge in [-0.15, -0.1) is 11.3 Å². The van der Waals surface area contributed by atoms with E-state index in [1.54, 1.807) is 36.4 Å². The number of hydrogen-bond acceptors (Lipinski definition) is 6. The minimum Gasteiger partial charge on any atom is -0.390 e. The van der Waals surface area contributed by atoms with Gasteiger partial charge in [0.2, 0.25) is 0 Å². The Morgan fingerprint density at radius 1 is 1.29 bits per heavy atom. The number of carbonyl (C=O) groups excluding carboxylic acids is 1. The van der Waals surface area contributed by atoms with Crippen molar-refractivity contribution < 1.29 is 15.0 Å². The van der Waals surface area contributed by atoms with Crippen LogP contribution in [0.1, 0.15) is 29.9 Å². The zero-order valence-electron chi connectivity index (χ0n) is 15.3. The third-order valence-electron chi connectivity index (χ3n) is 4.45. The van der Waals surface area contributed by atoms with Crippen molar-refractivity contribution in [2.24, 2.45) is 5.73 Å². The molecule has 2 atom stereocenters. The molecule has 1 amide bonds. The SMILES string of the molecule is CC(O)C(C)(O)c1cccc(Nc2sc(-c3ccc(Cl)cc3)cc2C(N)=O)n1. The summed E-state index contributed by atoms with van der Waals surface area (Å²) >= 11 is 7.29. The Morgan fingerprint density at radius 2 is 1.96 bits per heavy atom. The lowest BCUT2D eigenvalue weighted by Crippen LogP contribution is -2.35. The number of aliphatic hydroxyl groups excluding tert-OH is 1. The van der Waals surface area contributed by atoms with Gasteiger partial charge >= 0.3 is 0 Å². The maximum atomic E-state index is 11.9. The van der Waals surface area contributed by atoms with E-state index in [9.17, 15) is 15.0 Å². The number of hydrogen-bond donors (Lipinski definition) is 4. The molecule has 0 saturated carbocycles. The number of amides is 1. The van der Waals surface area contributed by atoms with Gasteiger partial charge in [-0.2, -0.15) is 0 Å². The van der Waals surface area contributed by atoms with Crippen molar-refractivity contribution in [3.05, 3.63) is 64.8 Å². The van der Waals surface area contributed by atoms with Crippen molar-refractivity contribution in [1.29, 1.82) is 0 Å². The second kappa shape index (κ2) is 7.89. The normalized spacial score (nSPS) is 14.3. The number of halogens is 1. The van der Waals surface area contributed by atoms with Crippen molar-refractivity contribution in [2.75, 3.05) is 5.32 Å². The smallest absolute Gasteiger partial charge is 0.251 e. The van der Waals surface area contributed by atoms with Gasteiger partial charge in [0, 0.05) is 9.90 Å². The van der Waals surface area contributed by atoms with E-state index in [2.05, 4.69) is 10.3 Å². The second-order valence-electron chi connectivity index (χ2n) is 6.58. The number of pyridine rings is 1. The molecule has 0 saturated heterocycles. The topological polar surface area (TPSA) is 108 Å². The largest absolute Gasteiger partial charge is 0.390 e. The Balaban J connectivity index is 1.96. The number of nitrogens with zero attached hydrogens (tertiary/aromatic N) is 1. The zero-order valence-corrected chi connectivity index (χ0v) is 16.9. The molecule has 1 aromatic carbocycles. The highest BCUT2D eigenvalue weighted by Crippen LogP contribution is 2.37. The van der Waals surface area contributed by atoms with Gasteiger partial charge in [-0.05, 0) is 49.7 Å². The monoisotopic (exact) mass is 417 g/mol. The molecule has 0 fully saturated rings. The highest BCUT2D eigenvalue weighted by Gasteiger charge is 2.30. The van der Waals surface area contributed by atoms with Crippen LogP contribution in [0.2, 0.25) is 5.02 Å². The first kappa shape index (κ1) is 20.3. The Kier molecular flexibility index (Phi) is 5.71. The first-order valence-electron chi connectivity index (χ1n) is 8.53. The molecule has 6 nitrogen and oxygen atoms in total. The lowest BCUT2D eigenvalue weighted by atomic mass is 9.96. The van der Waals surface area contributed by atoms with Gasteiger partial charge in [0.05, 0.1) is 17.4 Å². The predicted molar refractivity (Wildman–Crippen MR) is 112 cm³/mol. The van der Waals surface area contributed by atoms with Gasteiger partial charge in [-0.3, -0.25) is 4.79 Å². The number of rotatable bonds is 6. The fourth-order valence-corrected chi connectivity index (χ4v) is 3.74. The van der Waals surface area contributed by atoms with E-state index in [1.165, 1.54) is 25.2 Å². The summed E-state index contributed by atoms with van der Waals surface area (Å²) in [5.74, 6) is -0.142. The van der Waals surface area contributed by atoms with Crippen LogP contribution in [0.4, 0.5) is 10.8 Å². The molecule has 0 radical (unpaired) electrons. The van der Waals surface area contributed by atoms with Crippen molar-refractivity contribution in [1.82, 2.24) is 4.98 Å². The highest BCUT2D eigenvalue weighted by atomic mass is 35.5. The summed E-state index contributed by atoms with van der Waals surface area (Å²) in [6.07, 6.45) is -1.00. The average Bonchev–Trinajstić information content (AvgIpc) is 3.06. The molecule has 0 aliphatic rings. The number of nitrogens with two attached hydrogens (primary N) is 1. The van der Waals surface area contributed by atoms with E-state index in [-0.39, 0.29) is 0 Å². The molecule has 0 spiro atoms. The third-order valence-corrected chi connectivity index (χ3v) is 5.80. The van der Waals surface area contributed by atoms with E-state index >= 15 is 0 Å². The van der Waals surface area contributed by atoms with Gasteiger partial charge in [0.25, 0.3) is 5.91 Å². The van der Waals surface area contributed by atoms with Crippen LogP contribution in [0, 0.1) is 0 Å². The molecular formula is C20H20ClN3O3S. The van der Waals surface area contributed by atoms with Crippen LogP contribution in [-0.2, 0) is 5.60 Å². The number of thiophene rings is 1. The molecule has 0 aliphatic carbocycles. The Labute approximate surface area is 171 Å². The summed E-state index contributed by atoms with van der Waals surface area (Å²) < 4.78 is 0. The average molecular weight is 418 g/mol. The maximum absolute atomic E-state index is 11.9. The number of aromatic nitrogens is 1. The highest BCUT2D eigenvalue weighted by molar-refractivity contribution is 7.19. The van der Waals surface area contributed by atoms with Crippen LogP contribution in [0.25, 0.3) is 10.4 Å². The minimum atomic E-state index is -1.51. The molecule has 5 N–H and O–H groups in total. The summed E-state index contributed by atoms with van der Waals surface area (Å²) in [6, 6.07) is 14.0. The standard InChI is InChI=1S/C20H20ClN3O3S/c1-11(25)20(2,27)16-4-3-5-17(23-16)24-19-14(18(22)26)10-15(28-19)12-6-8-13(21)9-7-12/h3-11,25,27H,1-2H3,(H2,22,26)(H,23,24). The van der Waals surface area contributed by atoms with Crippen LogP contribution in [0.5, 0.6) is 0 Å². The Bertz CT molecular complexity index is 1000. The van der Waals surface area contributed by atoms with Gasteiger partial charge < -0.3 is 21.3 Å². The van der Waals surface area contributed by atoms with E-state index in [0.717, 1.165) is 10.4 Å². The Hall–Kier alpha value is -2.45. The first-order valence-corrected chi connectivity index (χ1v) is 9.72. The molecule has 0 bridgehead atoms. The summed E-state index contributed by atoms with van der Waals surface area (Å²) in [5.41, 5.74) is 5.58. The van der Waals surface area contributed by atoms with Crippen LogP contribution >= 0.6 is 22.9 Å². The number of carbonyl (C=O) groups is 1. The van der Waals surface area contributed by atoms with E-state index < -0.39 is 17.6 Å². The second-order valence-corrected chi connectivity index (χ2v) is 8.07. The third kappa shape index (κ3) is 4.18. The fraction of sp³-hybridized carbons (Fsp3) is 0.200. The molecule has 3 aromatic rings. The molecule has 3 rings (SSSR count). The molecule has 0 aliphatic heterocycles. The Morgan fingerprint density at radius 3 is 2.57 bits per heavy atom. The van der Waals surface area contributed by atoms with Gasteiger partial charge in [-0.25, -0.2) is 4.98 Å². The van der Waals surface area contributed by atoms with Crippen LogP contribution < -0.4 is 11.1 Å². The van der Waals surface area contributed by atoms with Crippen molar-refractivity contribution >= 4 is 39.7 Å². The predicted octanol–water partition coefficient (Wildman–Crippen LogP) is 3.89. The first-order chi connectivity index (χ1) is 13.2. The van der Waals surface area contributed by atoms with Crippen molar-refractivity contribution in [2.45, 2.75) is 25.6 Å². The molecule has 146 valence electrons. The summed E-state index contributed by atoms with van der Waals surface area (Å²) in [6.45, 7) is 2.98. The number of primary amides is 1. The molecule has 8 heteroatoms. The van der Waals surface area contributed by atoms with Crippen molar-refractivity contribution in [3.8, 4) is 10.4 Å². The van der Waals surface area contributed by atoms with Crippen molar-refractivity contribution in [3.63, 3.8) is 0 Å². The number of aliphatic hydroxyl groups is 2. The summed E-state index contributed by atoms with van der Waals surface area (Å²) in [5, 5.41) is 24.5. The quantitative estimate of drug-likeness (QED) is 0.486. The van der Waals surface area contributed by atoms with Gasteiger partial charge in [0.15, 0.2) is 0 Å². The molecule has 2 aromatic heterocycles. The minimum absolute atomic E-state index is 0.308. The van der Waals surface area contributed by atoms with Crippen LogP contribution in [0.15, 0.2) is 48.5 Å². The maximum Gasteiger partial charge on any atom is 0.251 e. The number of anilines is 2. The molecule has 28 heavy (non-hydrogen) atoms. The molecule has 2 unspecified atom stereocenters. The fourth-order valence-electron chi connectivity index (χ4n) is 2.54. The lowest BCUT2D eigenvalue weighted by molar-refractivity contribution is -0.0599. The summed E-state index contributed by atoms with van der Waals surface area (Å²) in [4.78, 5) is 17.1. The van der Waals surface area contributed by atoms with Crippen LogP contribution in [-0.4, -0.2) is 27.2 Å². The van der Waals surface area contributed by atoms with Crippen LogP contribution in [0.3, 0.4) is 0 Å². The van der Waals surface area contributed by atoms with Gasteiger partial charge in [0.1, 0.15) is 16.4 Å². The van der Waals surface area contributed by atoms with E-state index in [0.29, 0.717) is 27.1 Å². The summed E-state index contributed by atoms with van der Waals surface area (Å²) in [7, 11) is 0. The zero-order chi connectivity index (χ0) is 20.5. The molecule has 2 heterocycles. The van der Waals surface area contributed by atoms with E-state index in [1.807, 2.05) is 12.1 Å². The van der Waals surface area contributed by atoms with Gasteiger partial charge in [-0.1, -0.05) is 29.8 Å². The van der Waals surface area contributed by atoms with E-state index in [4.69, 9.17) is 17.3 Å². The molecular weight excluding hydrogens is 398 g/mol.